The third kappa shape index (κ3) is 4.46. The zero-order valence-electron chi connectivity index (χ0n) is 7.78. The van der Waals surface area contributed by atoms with Crippen LogP contribution in [0.25, 0.3) is 0 Å². The fourth-order valence-electron chi connectivity index (χ4n) is 0.809. The minimum atomic E-state index is -1.03. The maximum Gasteiger partial charge on any atom is 0.146 e. The van der Waals surface area contributed by atoms with E-state index in [1.807, 2.05) is 0 Å². The number of hydroxylamine groups is 3. The smallest absolute Gasteiger partial charge is 0.146 e. The summed E-state index contributed by atoms with van der Waals surface area (Å²) in [6.45, 7) is 8.00. The van der Waals surface area contributed by atoms with E-state index in [1.54, 1.807) is 19.9 Å². The molecule has 4 nitrogen and oxygen atoms in total. The van der Waals surface area contributed by atoms with Gasteiger partial charge in [0.2, 0.25) is 0 Å². The first-order valence-electron chi connectivity index (χ1n) is 4.17. The van der Waals surface area contributed by atoms with Gasteiger partial charge in [-0.1, -0.05) is 11.0 Å². The lowest BCUT2D eigenvalue weighted by molar-refractivity contribution is -1.21. The van der Waals surface area contributed by atoms with Crippen LogP contribution in [-0.2, 0) is 9.68 Å². The SMILES string of the molecule is C=CCC[N+]([O-])(OCC)OCC. The molecule has 0 radical (unpaired) electrons. The van der Waals surface area contributed by atoms with E-state index in [0.29, 0.717) is 19.6 Å². The van der Waals surface area contributed by atoms with E-state index in [2.05, 4.69) is 6.58 Å². The Hall–Kier alpha value is -0.420. The topological polar surface area (TPSA) is 41.5 Å². The van der Waals surface area contributed by atoms with Gasteiger partial charge in [0.1, 0.15) is 19.8 Å². The van der Waals surface area contributed by atoms with Crippen LogP contribution < -0.4 is 0 Å². The van der Waals surface area contributed by atoms with Crippen molar-refractivity contribution in [3.8, 4) is 0 Å². The molecule has 72 valence electrons. The highest BCUT2D eigenvalue weighted by atomic mass is 17.2. The van der Waals surface area contributed by atoms with Crippen molar-refractivity contribution in [2.75, 3.05) is 19.8 Å². The molecule has 0 aromatic heterocycles. The molecule has 0 saturated heterocycles. The standard InChI is InChI=1S/C8H17NO3/c1-4-7-8-9(10,11-5-2)12-6-3/h4H,1,5-8H2,2-3H3. The molecule has 0 aliphatic rings. The van der Waals surface area contributed by atoms with Crippen molar-refractivity contribution in [1.29, 1.82) is 0 Å². The van der Waals surface area contributed by atoms with Crippen LogP contribution in [0.2, 0.25) is 0 Å². The lowest BCUT2D eigenvalue weighted by Crippen LogP contribution is -2.42. The molecule has 0 unspecified atom stereocenters. The summed E-state index contributed by atoms with van der Waals surface area (Å²) in [7, 11) is 0. The number of hydrogen-bond donors (Lipinski definition) is 0. The fraction of sp³-hybridized carbons (Fsp3) is 0.750. The van der Waals surface area contributed by atoms with E-state index in [9.17, 15) is 5.21 Å². The average molecular weight is 175 g/mol. The van der Waals surface area contributed by atoms with Gasteiger partial charge in [-0.2, -0.15) is 9.68 Å². The Balaban J connectivity index is 3.88. The maximum absolute atomic E-state index is 11.5. The lowest BCUT2D eigenvalue weighted by atomic mass is 10.4. The second kappa shape index (κ2) is 6.14. The maximum atomic E-state index is 11.5. The summed E-state index contributed by atoms with van der Waals surface area (Å²) in [5.74, 6) is 0. The first-order valence-corrected chi connectivity index (χ1v) is 4.17. The molecule has 12 heavy (non-hydrogen) atoms. The summed E-state index contributed by atoms with van der Waals surface area (Å²) in [4.78, 5) is 8.74. The fourth-order valence-corrected chi connectivity index (χ4v) is 0.809. The molecule has 0 fully saturated rings. The molecule has 4 heteroatoms. The predicted octanol–water partition coefficient (Wildman–Crippen LogP) is 1.78. The Morgan fingerprint density at radius 1 is 1.33 bits per heavy atom. The van der Waals surface area contributed by atoms with Gasteiger partial charge in [0.15, 0.2) is 0 Å². The van der Waals surface area contributed by atoms with Crippen LogP contribution in [0.3, 0.4) is 0 Å². The van der Waals surface area contributed by atoms with Crippen LogP contribution in [-0.4, -0.2) is 24.7 Å². The molecule has 0 aromatic carbocycles. The number of hydrogen-bond acceptors (Lipinski definition) is 3. The summed E-state index contributed by atoms with van der Waals surface area (Å²) in [6.07, 6.45) is 2.26. The highest BCUT2D eigenvalue weighted by molar-refractivity contribution is 4.64. The minimum Gasteiger partial charge on any atom is -0.564 e. The van der Waals surface area contributed by atoms with Crippen molar-refractivity contribution < 1.29 is 14.6 Å². The van der Waals surface area contributed by atoms with E-state index in [0.717, 1.165) is 0 Å². The van der Waals surface area contributed by atoms with Gasteiger partial charge in [-0.3, -0.25) is 0 Å². The molecule has 0 amide bonds. The Labute approximate surface area is 73.5 Å². The first-order chi connectivity index (χ1) is 5.68. The highest BCUT2D eigenvalue weighted by Crippen LogP contribution is 2.08. The molecule has 0 N–H and O–H groups in total. The third-order valence-corrected chi connectivity index (χ3v) is 1.26. The van der Waals surface area contributed by atoms with Crippen molar-refractivity contribution in [3.05, 3.63) is 17.9 Å². The quantitative estimate of drug-likeness (QED) is 0.336. The molecule has 0 aliphatic carbocycles. The number of rotatable bonds is 7. The average Bonchev–Trinajstić information content (AvgIpc) is 2.02. The number of nitrogens with zero attached hydrogens (tertiary/aromatic N) is 1. The lowest BCUT2D eigenvalue weighted by Gasteiger charge is -2.34. The second-order valence-corrected chi connectivity index (χ2v) is 2.25. The van der Waals surface area contributed by atoms with Gasteiger partial charge in [-0.05, 0) is 13.8 Å². The summed E-state index contributed by atoms with van der Waals surface area (Å²) >= 11 is 0. The minimum absolute atomic E-state index is 0.255. The van der Waals surface area contributed by atoms with Gasteiger partial charge < -0.3 is 5.21 Å². The van der Waals surface area contributed by atoms with Gasteiger partial charge in [0, 0.05) is 6.42 Å². The zero-order valence-corrected chi connectivity index (χ0v) is 7.78. The van der Waals surface area contributed by atoms with Crippen molar-refractivity contribution in [2.24, 2.45) is 0 Å². The van der Waals surface area contributed by atoms with Crippen LogP contribution in [0.4, 0.5) is 0 Å². The van der Waals surface area contributed by atoms with Crippen LogP contribution in [0, 0.1) is 5.21 Å². The first kappa shape index (κ1) is 11.6. The van der Waals surface area contributed by atoms with Gasteiger partial charge >= 0.3 is 0 Å². The predicted molar refractivity (Wildman–Crippen MR) is 46.6 cm³/mol. The Kier molecular flexibility index (Phi) is 5.92. The van der Waals surface area contributed by atoms with Crippen LogP contribution in [0.1, 0.15) is 20.3 Å². The number of quaternary nitrogens is 1. The van der Waals surface area contributed by atoms with Gasteiger partial charge in [0.05, 0.1) is 0 Å². The molecule has 0 rings (SSSR count). The van der Waals surface area contributed by atoms with E-state index in [1.165, 1.54) is 0 Å². The zero-order chi connectivity index (χ0) is 9.45. The summed E-state index contributed by atoms with van der Waals surface area (Å²) in [6, 6.07) is 0. The van der Waals surface area contributed by atoms with Crippen molar-refractivity contribution in [3.63, 3.8) is 0 Å². The van der Waals surface area contributed by atoms with Crippen molar-refractivity contribution >= 4 is 0 Å². The van der Waals surface area contributed by atoms with Gasteiger partial charge in [-0.15, -0.1) is 6.58 Å². The summed E-state index contributed by atoms with van der Waals surface area (Å²) in [5, 5.41) is 11.5. The highest BCUT2D eigenvalue weighted by Gasteiger charge is 2.17. The molecule has 0 atom stereocenters. The molecular weight excluding hydrogens is 158 g/mol. The van der Waals surface area contributed by atoms with Crippen LogP contribution >= 0.6 is 0 Å². The Morgan fingerprint density at radius 2 is 1.83 bits per heavy atom. The second-order valence-electron chi connectivity index (χ2n) is 2.25. The van der Waals surface area contributed by atoms with Crippen molar-refractivity contribution in [1.82, 2.24) is 0 Å². The van der Waals surface area contributed by atoms with Gasteiger partial charge in [0.25, 0.3) is 0 Å². The van der Waals surface area contributed by atoms with E-state index in [-0.39, 0.29) is 6.54 Å². The Morgan fingerprint density at radius 3 is 2.17 bits per heavy atom. The normalized spacial score (nSPS) is 11.6. The largest absolute Gasteiger partial charge is 0.564 e. The molecule has 0 saturated carbocycles. The van der Waals surface area contributed by atoms with E-state index in [4.69, 9.17) is 9.68 Å². The summed E-state index contributed by atoms with van der Waals surface area (Å²) in [5.41, 5.74) is 0. The van der Waals surface area contributed by atoms with E-state index < -0.39 is 4.97 Å². The molecule has 0 aromatic rings. The monoisotopic (exact) mass is 175 g/mol. The molecule has 0 aliphatic heterocycles. The molecule has 0 heterocycles. The molecule has 0 bridgehead atoms. The Bertz CT molecular complexity index is 121. The van der Waals surface area contributed by atoms with Gasteiger partial charge in [-0.25, -0.2) is 0 Å². The van der Waals surface area contributed by atoms with Crippen LogP contribution in [0.5, 0.6) is 0 Å². The molecular formula is C8H17NO3. The van der Waals surface area contributed by atoms with E-state index >= 15 is 0 Å². The summed E-state index contributed by atoms with van der Waals surface area (Å²) < 4.78 is 0. The third-order valence-electron chi connectivity index (χ3n) is 1.26. The molecule has 0 spiro atoms. The van der Waals surface area contributed by atoms with Crippen molar-refractivity contribution in [2.45, 2.75) is 20.3 Å². The van der Waals surface area contributed by atoms with Crippen LogP contribution in [0.15, 0.2) is 12.7 Å².